The van der Waals surface area contributed by atoms with Crippen LogP contribution < -0.4 is 0 Å². The molecule has 0 radical (unpaired) electrons. The molecule has 10 heteroatoms. The summed E-state index contributed by atoms with van der Waals surface area (Å²) in [6, 6.07) is 11.9. The number of nitrogens with one attached hydrogen (secondary N) is 1. The van der Waals surface area contributed by atoms with Crippen LogP contribution in [0.5, 0.6) is 0 Å². The highest BCUT2D eigenvalue weighted by Gasteiger charge is 2.17. The third kappa shape index (κ3) is 4.51. The molecule has 0 fully saturated rings. The van der Waals surface area contributed by atoms with Crippen molar-refractivity contribution in [3.8, 4) is 17.2 Å². The van der Waals surface area contributed by atoms with Crippen molar-refractivity contribution in [2.75, 3.05) is 7.11 Å². The number of unbranched alkanes of at least 4 members (excludes halogenated alkanes) is 1. The lowest BCUT2D eigenvalue weighted by atomic mass is 10.2. The number of rotatable bonds is 9. The number of hydrogen-bond donors (Lipinski definition) is 1. The first-order chi connectivity index (χ1) is 15.1. The first-order valence-corrected chi connectivity index (χ1v) is 10.8. The largest absolute Gasteiger partial charge is 0.378 e. The third-order valence-electron chi connectivity index (χ3n) is 5.09. The van der Waals surface area contributed by atoms with Gasteiger partial charge in [-0.05, 0) is 46.7 Å². The van der Waals surface area contributed by atoms with Gasteiger partial charge in [0.05, 0.1) is 18.0 Å². The van der Waals surface area contributed by atoms with E-state index in [-0.39, 0.29) is 0 Å². The SMILES string of the molecule is CCCCc1nc(Cl)c(COC)n1Cc1ccc(-n2c(Cl)ccc2-c2nnn[nH]2)cc1. The van der Waals surface area contributed by atoms with Gasteiger partial charge in [0.15, 0.2) is 11.0 Å². The number of benzene rings is 1. The Labute approximate surface area is 190 Å². The van der Waals surface area contributed by atoms with Crippen LogP contribution in [-0.4, -0.2) is 41.9 Å². The molecule has 0 amide bonds. The van der Waals surface area contributed by atoms with Gasteiger partial charge in [-0.25, -0.2) is 10.1 Å². The maximum Gasteiger partial charge on any atom is 0.196 e. The molecule has 3 heterocycles. The molecule has 0 aliphatic heterocycles. The van der Waals surface area contributed by atoms with Crippen molar-refractivity contribution in [2.24, 2.45) is 0 Å². The molecule has 162 valence electrons. The Hall–Kier alpha value is -2.68. The quantitative estimate of drug-likeness (QED) is 0.391. The number of aromatic nitrogens is 7. The lowest BCUT2D eigenvalue weighted by Gasteiger charge is -2.14. The summed E-state index contributed by atoms with van der Waals surface area (Å²) in [7, 11) is 1.66. The topological polar surface area (TPSA) is 86.4 Å². The lowest BCUT2D eigenvalue weighted by molar-refractivity contribution is 0.178. The summed E-state index contributed by atoms with van der Waals surface area (Å²) in [5, 5.41) is 15.2. The summed E-state index contributed by atoms with van der Waals surface area (Å²) in [5.74, 6) is 1.53. The van der Waals surface area contributed by atoms with Crippen LogP contribution in [0.25, 0.3) is 17.2 Å². The highest BCUT2D eigenvalue weighted by atomic mass is 35.5. The second-order valence-corrected chi connectivity index (χ2v) is 7.93. The predicted molar refractivity (Wildman–Crippen MR) is 120 cm³/mol. The number of aryl methyl sites for hydroxylation is 1. The summed E-state index contributed by atoms with van der Waals surface area (Å²) in [4.78, 5) is 4.58. The minimum Gasteiger partial charge on any atom is -0.378 e. The Morgan fingerprint density at radius 2 is 1.90 bits per heavy atom. The number of aromatic amines is 1. The van der Waals surface area contributed by atoms with E-state index in [1.165, 1.54) is 0 Å². The minimum absolute atomic E-state index is 0.420. The first kappa shape index (κ1) is 21.5. The number of tetrazole rings is 1. The second kappa shape index (κ2) is 9.64. The minimum atomic E-state index is 0.420. The van der Waals surface area contributed by atoms with Gasteiger partial charge in [0.25, 0.3) is 0 Å². The Morgan fingerprint density at radius 3 is 2.58 bits per heavy atom. The standard InChI is InChI=1S/C21H23Cl2N7O/c1-3-4-5-19-24-20(23)17(13-31-2)29(19)12-14-6-8-15(9-7-14)30-16(10-11-18(30)22)21-25-27-28-26-21/h6-11H,3-5,12-13H2,1-2H3,(H,25,26,27,28). The van der Waals surface area contributed by atoms with Crippen molar-refractivity contribution in [1.82, 2.24) is 34.7 Å². The van der Waals surface area contributed by atoms with Gasteiger partial charge in [-0.1, -0.05) is 48.7 Å². The zero-order valence-corrected chi connectivity index (χ0v) is 18.9. The number of hydrogen-bond acceptors (Lipinski definition) is 5. The predicted octanol–water partition coefficient (Wildman–Crippen LogP) is 4.70. The van der Waals surface area contributed by atoms with E-state index in [9.17, 15) is 0 Å². The van der Waals surface area contributed by atoms with Crippen LogP contribution in [-0.2, 0) is 24.3 Å². The molecule has 0 bridgehead atoms. The molecule has 31 heavy (non-hydrogen) atoms. The van der Waals surface area contributed by atoms with E-state index in [4.69, 9.17) is 27.9 Å². The first-order valence-electron chi connectivity index (χ1n) is 10.1. The molecule has 1 aromatic carbocycles. The molecule has 4 rings (SSSR count). The number of methoxy groups -OCH3 is 1. The summed E-state index contributed by atoms with van der Waals surface area (Å²) < 4.78 is 9.40. The molecule has 3 aromatic heterocycles. The highest BCUT2D eigenvalue weighted by molar-refractivity contribution is 6.30. The Bertz CT molecular complexity index is 1130. The van der Waals surface area contributed by atoms with E-state index >= 15 is 0 Å². The summed E-state index contributed by atoms with van der Waals surface area (Å²) in [6.45, 7) is 3.25. The van der Waals surface area contributed by atoms with Crippen LogP contribution >= 0.6 is 23.2 Å². The van der Waals surface area contributed by atoms with E-state index in [1.54, 1.807) is 7.11 Å². The van der Waals surface area contributed by atoms with E-state index < -0.39 is 0 Å². The summed E-state index contributed by atoms with van der Waals surface area (Å²) in [6.07, 6.45) is 3.04. The van der Waals surface area contributed by atoms with Crippen LogP contribution in [0.2, 0.25) is 10.3 Å². The molecule has 0 saturated carbocycles. The third-order valence-corrected chi connectivity index (χ3v) is 5.69. The van der Waals surface area contributed by atoms with Gasteiger partial charge in [-0.15, -0.1) is 5.10 Å². The van der Waals surface area contributed by atoms with Crippen LogP contribution in [0.3, 0.4) is 0 Å². The fraction of sp³-hybridized carbons (Fsp3) is 0.333. The number of halogens is 2. The Kier molecular flexibility index (Phi) is 6.70. The molecule has 0 unspecified atom stereocenters. The van der Waals surface area contributed by atoms with Crippen LogP contribution in [0.1, 0.15) is 36.8 Å². The zero-order valence-electron chi connectivity index (χ0n) is 17.3. The van der Waals surface area contributed by atoms with Crippen LogP contribution in [0, 0.1) is 0 Å². The van der Waals surface area contributed by atoms with Crippen molar-refractivity contribution in [2.45, 2.75) is 39.3 Å². The molecule has 0 saturated heterocycles. The normalized spacial score (nSPS) is 11.4. The number of nitrogens with zero attached hydrogens (tertiary/aromatic N) is 6. The average Bonchev–Trinajstić information content (AvgIpc) is 3.49. The smallest absolute Gasteiger partial charge is 0.196 e. The molecule has 0 atom stereocenters. The molecular weight excluding hydrogens is 437 g/mol. The molecule has 4 aromatic rings. The van der Waals surface area contributed by atoms with Crippen molar-refractivity contribution < 1.29 is 4.74 Å². The molecule has 0 aliphatic carbocycles. The summed E-state index contributed by atoms with van der Waals surface area (Å²) in [5.41, 5.74) is 3.72. The van der Waals surface area contributed by atoms with Crippen molar-refractivity contribution in [3.63, 3.8) is 0 Å². The van der Waals surface area contributed by atoms with Crippen molar-refractivity contribution in [1.29, 1.82) is 0 Å². The van der Waals surface area contributed by atoms with Crippen molar-refractivity contribution in [3.05, 3.63) is 63.8 Å². The second-order valence-electron chi connectivity index (χ2n) is 7.18. The molecule has 8 nitrogen and oxygen atoms in total. The fourth-order valence-electron chi connectivity index (χ4n) is 3.55. The van der Waals surface area contributed by atoms with Gasteiger partial charge in [0, 0.05) is 25.8 Å². The number of H-pyrrole nitrogens is 1. The number of imidazole rings is 1. The van der Waals surface area contributed by atoms with Gasteiger partial charge in [-0.3, -0.25) is 4.57 Å². The molecule has 0 spiro atoms. The lowest BCUT2D eigenvalue weighted by Crippen LogP contribution is -2.10. The maximum atomic E-state index is 6.43. The van der Waals surface area contributed by atoms with E-state index in [1.807, 2.05) is 28.8 Å². The van der Waals surface area contributed by atoms with Gasteiger partial charge in [-0.2, -0.15) is 0 Å². The zero-order chi connectivity index (χ0) is 21.8. The Morgan fingerprint density at radius 1 is 1.10 bits per heavy atom. The van der Waals surface area contributed by atoms with Gasteiger partial charge >= 0.3 is 0 Å². The highest BCUT2D eigenvalue weighted by Crippen LogP contribution is 2.27. The monoisotopic (exact) mass is 459 g/mol. The van der Waals surface area contributed by atoms with E-state index in [2.05, 4.69) is 49.2 Å². The molecule has 0 aliphatic rings. The molecule has 1 N–H and O–H groups in total. The fourth-order valence-corrected chi connectivity index (χ4v) is 4.06. The van der Waals surface area contributed by atoms with Crippen LogP contribution in [0.4, 0.5) is 0 Å². The van der Waals surface area contributed by atoms with Gasteiger partial charge < -0.3 is 9.30 Å². The summed E-state index contributed by atoms with van der Waals surface area (Å²) >= 11 is 12.8. The van der Waals surface area contributed by atoms with Crippen LogP contribution in [0.15, 0.2) is 36.4 Å². The van der Waals surface area contributed by atoms with E-state index in [0.29, 0.717) is 29.3 Å². The number of ether oxygens (including phenoxy) is 1. The molecular formula is C21H23Cl2N7O. The van der Waals surface area contributed by atoms with Gasteiger partial charge in [0.1, 0.15) is 11.0 Å². The van der Waals surface area contributed by atoms with E-state index in [0.717, 1.165) is 47.7 Å². The maximum absolute atomic E-state index is 6.43. The van der Waals surface area contributed by atoms with Gasteiger partial charge in [0.2, 0.25) is 0 Å². The average molecular weight is 460 g/mol. The Balaban J connectivity index is 1.63. The van der Waals surface area contributed by atoms with Crippen molar-refractivity contribution >= 4 is 23.2 Å².